The van der Waals surface area contributed by atoms with Crippen LogP contribution in [0.4, 0.5) is 0 Å². The Hall–Kier alpha value is -2.82. The van der Waals surface area contributed by atoms with Crippen LogP contribution in [0.5, 0.6) is 5.75 Å². The summed E-state index contributed by atoms with van der Waals surface area (Å²) in [6.45, 7) is 1.31. The van der Waals surface area contributed by atoms with Crippen LogP contribution in [-0.2, 0) is 17.6 Å². The molecule has 0 bridgehead atoms. The first-order chi connectivity index (χ1) is 12.2. The summed E-state index contributed by atoms with van der Waals surface area (Å²) in [5.74, 6) is 0.540. The molecule has 2 N–H and O–H groups in total. The van der Waals surface area contributed by atoms with E-state index in [1.807, 2.05) is 18.2 Å². The second kappa shape index (κ2) is 8.33. The van der Waals surface area contributed by atoms with Gasteiger partial charge in [0.1, 0.15) is 5.75 Å². The van der Waals surface area contributed by atoms with Crippen LogP contribution in [0, 0.1) is 0 Å². The summed E-state index contributed by atoms with van der Waals surface area (Å²) in [4.78, 5) is 23.7. The second-order valence-electron chi connectivity index (χ2n) is 6.04. The molecule has 0 saturated carbocycles. The number of amides is 2. The summed E-state index contributed by atoms with van der Waals surface area (Å²) in [6, 6.07) is 15.0. The predicted molar refractivity (Wildman–Crippen MR) is 95.7 cm³/mol. The van der Waals surface area contributed by atoms with Crippen molar-refractivity contribution in [3.05, 3.63) is 65.2 Å². The molecular weight excluding hydrogens is 316 g/mol. The minimum Gasteiger partial charge on any atom is -0.493 e. The van der Waals surface area contributed by atoms with E-state index in [2.05, 4.69) is 16.7 Å². The summed E-state index contributed by atoms with van der Waals surface area (Å²) in [5, 5.41) is 5.45. The van der Waals surface area contributed by atoms with Crippen molar-refractivity contribution in [3.63, 3.8) is 0 Å². The van der Waals surface area contributed by atoms with Crippen LogP contribution in [-0.4, -0.2) is 31.5 Å². The standard InChI is InChI=1S/C20H22N2O3/c23-19(14-22-20(24)16-5-2-1-3-6-16)21-11-10-15-8-9-18-17(13-15)7-4-12-25-18/h1-3,5-6,8-9,13H,4,7,10-12,14H2,(H,21,23)(H,22,24). The van der Waals surface area contributed by atoms with Gasteiger partial charge in [0.2, 0.25) is 5.91 Å². The van der Waals surface area contributed by atoms with E-state index >= 15 is 0 Å². The van der Waals surface area contributed by atoms with Crippen LogP contribution in [0.2, 0.25) is 0 Å². The maximum atomic E-state index is 11.9. The molecule has 2 aromatic carbocycles. The van der Waals surface area contributed by atoms with Crippen LogP contribution in [0.15, 0.2) is 48.5 Å². The summed E-state index contributed by atoms with van der Waals surface area (Å²) in [5.41, 5.74) is 2.97. The molecular formula is C20H22N2O3. The summed E-state index contributed by atoms with van der Waals surface area (Å²) in [6.07, 6.45) is 2.85. The van der Waals surface area contributed by atoms with Crippen molar-refractivity contribution in [2.24, 2.45) is 0 Å². The maximum Gasteiger partial charge on any atom is 0.251 e. The van der Waals surface area contributed by atoms with Crippen molar-refractivity contribution in [2.45, 2.75) is 19.3 Å². The Kier molecular flexibility index (Phi) is 5.67. The Morgan fingerprint density at radius 3 is 2.72 bits per heavy atom. The van der Waals surface area contributed by atoms with Crippen molar-refractivity contribution in [1.29, 1.82) is 0 Å². The molecule has 1 aliphatic heterocycles. The van der Waals surface area contributed by atoms with Crippen LogP contribution in [0.3, 0.4) is 0 Å². The molecule has 0 saturated heterocycles. The smallest absolute Gasteiger partial charge is 0.251 e. The quantitative estimate of drug-likeness (QED) is 0.848. The van der Waals surface area contributed by atoms with Gasteiger partial charge in [-0.2, -0.15) is 0 Å². The number of fused-ring (bicyclic) bond motifs is 1. The minimum atomic E-state index is -0.245. The van der Waals surface area contributed by atoms with E-state index in [1.165, 1.54) is 11.1 Å². The molecule has 1 heterocycles. The fraction of sp³-hybridized carbons (Fsp3) is 0.300. The number of ether oxygens (including phenoxy) is 1. The SMILES string of the molecule is O=C(CNC(=O)c1ccccc1)NCCc1ccc2c(c1)CCCO2. The van der Waals surface area contributed by atoms with E-state index in [0.717, 1.165) is 31.6 Å². The zero-order valence-electron chi connectivity index (χ0n) is 14.1. The lowest BCUT2D eigenvalue weighted by molar-refractivity contribution is -0.120. The highest BCUT2D eigenvalue weighted by Gasteiger charge is 2.11. The third-order valence-electron chi connectivity index (χ3n) is 4.15. The summed E-state index contributed by atoms with van der Waals surface area (Å²) in [7, 11) is 0. The van der Waals surface area contributed by atoms with Gasteiger partial charge in [-0.3, -0.25) is 9.59 Å². The number of carbonyl (C=O) groups excluding carboxylic acids is 2. The van der Waals surface area contributed by atoms with Gasteiger partial charge in [0.15, 0.2) is 0 Å². The van der Waals surface area contributed by atoms with Gasteiger partial charge in [-0.25, -0.2) is 0 Å². The van der Waals surface area contributed by atoms with Crippen molar-refractivity contribution >= 4 is 11.8 Å². The topological polar surface area (TPSA) is 67.4 Å². The molecule has 0 aromatic heterocycles. The minimum absolute atomic E-state index is 0.0221. The Bertz CT molecular complexity index is 744. The molecule has 130 valence electrons. The lowest BCUT2D eigenvalue weighted by Gasteiger charge is -2.18. The van der Waals surface area contributed by atoms with Gasteiger partial charge in [0.05, 0.1) is 13.2 Å². The molecule has 2 amide bonds. The van der Waals surface area contributed by atoms with Gasteiger partial charge < -0.3 is 15.4 Å². The Labute approximate surface area is 147 Å². The normalized spacial score (nSPS) is 12.6. The maximum absolute atomic E-state index is 11.9. The molecule has 1 aliphatic rings. The lowest BCUT2D eigenvalue weighted by atomic mass is 10.0. The first-order valence-corrected chi connectivity index (χ1v) is 8.57. The summed E-state index contributed by atoms with van der Waals surface area (Å²) >= 11 is 0. The van der Waals surface area contributed by atoms with Gasteiger partial charge in [-0.15, -0.1) is 0 Å². The zero-order valence-corrected chi connectivity index (χ0v) is 14.1. The predicted octanol–water partition coefficient (Wildman–Crippen LogP) is 2.10. The average molecular weight is 338 g/mol. The van der Waals surface area contributed by atoms with Crippen LogP contribution < -0.4 is 15.4 Å². The largest absolute Gasteiger partial charge is 0.493 e. The number of hydrogen-bond acceptors (Lipinski definition) is 3. The van der Waals surface area contributed by atoms with Crippen LogP contribution in [0.25, 0.3) is 0 Å². The zero-order chi connectivity index (χ0) is 17.5. The fourth-order valence-electron chi connectivity index (χ4n) is 2.83. The van der Waals surface area contributed by atoms with Crippen molar-refractivity contribution in [3.8, 4) is 5.75 Å². The van der Waals surface area contributed by atoms with E-state index in [1.54, 1.807) is 24.3 Å². The number of rotatable bonds is 6. The van der Waals surface area contributed by atoms with Gasteiger partial charge in [0, 0.05) is 12.1 Å². The molecule has 5 nitrogen and oxygen atoms in total. The summed E-state index contributed by atoms with van der Waals surface area (Å²) < 4.78 is 5.60. The molecule has 0 atom stereocenters. The highest BCUT2D eigenvalue weighted by atomic mass is 16.5. The molecule has 0 aliphatic carbocycles. The third kappa shape index (κ3) is 4.83. The lowest BCUT2D eigenvalue weighted by Crippen LogP contribution is -2.37. The first kappa shape index (κ1) is 17.0. The third-order valence-corrected chi connectivity index (χ3v) is 4.15. The van der Waals surface area contributed by atoms with Crippen molar-refractivity contribution in [2.75, 3.05) is 19.7 Å². The molecule has 5 heteroatoms. The first-order valence-electron chi connectivity index (χ1n) is 8.57. The Morgan fingerprint density at radius 1 is 1.04 bits per heavy atom. The van der Waals surface area contributed by atoms with E-state index in [0.29, 0.717) is 12.1 Å². The number of aryl methyl sites for hydroxylation is 1. The van der Waals surface area contributed by atoms with E-state index in [9.17, 15) is 9.59 Å². The number of benzene rings is 2. The van der Waals surface area contributed by atoms with E-state index < -0.39 is 0 Å². The fourth-order valence-corrected chi connectivity index (χ4v) is 2.83. The van der Waals surface area contributed by atoms with Crippen LogP contribution >= 0.6 is 0 Å². The van der Waals surface area contributed by atoms with Crippen molar-refractivity contribution < 1.29 is 14.3 Å². The van der Waals surface area contributed by atoms with Gasteiger partial charge in [-0.1, -0.05) is 30.3 Å². The number of nitrogens with one attached hydrogen (secondary N) is 2. The highest BCUT2D eigenvalue weighted by molar-refractivity contribution is 5.96. The highest BCUT2D eigenvalue weighted by Crippen LogP contribution is 2.25. The second-order valence-corrected chi connectivity index (χ2v) is 6.04. The van der Waals surface area contributed by atoms with Crippen LogP contribution in [0.1, 0.15) is 27.9 Å². The molecule has 0 radical (unpaired) electrons. The van der Waals surface area contributed by atoms with E-state index in [4.69, 9.17) is 4.74 Å². The molecule has 25 heavy (non-hydrogen) atoms. The van der Waals surface area contributed by atoms with Gasteiger partial charge in [-0.05, 0) is 48.6 Å². The van der Waals surface area contributed by atoms with Crippen molar-refractivity contribution in [1.82, 2.24) is 10.6 Å². The molecule has 0 fully saturated rings. The Morgan fingerprint density at radius 2 is 1.88 bits per heavy atom. The van der Waals surface area contributed by atoms with Gasteiger partial charge in [0.25, 0.3) is 5.91 Å². The van der Waals surface area contributed by atoms with Gasteiger partial charge >= 0.3 is 0 Å². The Balaban J connectivity index is 1.40. The molecule has 0 unspecified atom stereocenters. The molecule has 3 rings (SSSR count). The van der Waals surface area contributed by atoms with E-state index in [-0.39, 0.29) is 18.4 Å². The number of hydrogen-bond donors (Lipinski definition) is 2. The molecule has 2 aromatic rings. The average Bonchev–Trinajstić information content (AvgIpc) is 2.66. The number of carbonyl (C=O) groups is 2. The molecule has 0 spiro atoms. The monoisotopic (exact) mass is 338 g/mol.